The van der Waals surface area contributed by atoms with Gasteiger partial charge in [0.1, 0.15) is 0 Å². The molecule has 0 aromatic carbocycles. The van der Waals surface area contributed by atoms with Crippen LogP contribution in [-0.4, -0.2) is 89.8 Å². The third-order valence-corrected chi connectivity index (χ3v) is 4.55. The molecule has 2 fully saturated rings. The molecule has 2 saturated heterocycles. The molecule has 1 atom stereocenters. The van der Waals surface area contributed by atoms with E-state index < -0.39 is 0 Å². The van der Waals surface area contributed by atoms with E-state index in [9.17, 15) is 4.79 Å². The Labute approximate surface area is 136 Å². The lowest BCUT2D eigenvalue weighted by molar-refractivity contribution is -0.136. The third-order valence-electron chi connectivity index (χ3n) is 4.55. The standard InChI is InChI=1S/C15H25N5O3/c1-12-16-14(17-23-12)10-18(2)13-3-4-19(9-13)11-15(21)20-5-7-22-8-6-20/h13H,3-11H2,1-2H3/t13-/m1/s1. The lowest BCUT2D eigenvalue weighted by Crippen LogP contribution is -2.45. The van der Waals surface area contributed by atoms with Crippen LogP contribution in [0.2, 0.25) is 0 Å². The zero-order valence-corrected chi connectivity index (χ0v) is 13.9. The Morgan fingerprint density at radius 2 is 2.13 bits per heavy atom. The molecule has 0 N–H and O–H groups in total. The predicted molar refractivity (Wildman–Crippen MR) is 82.7 cm³/mol. The van der Waals surface area contributed by atoms with Gasteiger partial charge in [0.2, 0.25) is 11.8 Å². The van der Waals surface area contributed by atoms with Crippen LogP contribution in [0.15, 0.2) is 4.52 Å². The van der Waals surface area contributed by atoms with Gasteiger partial charge in [-0.15, -0.1) is 0 Å². The van der Waals surface area contributed by atoms with Crippen molar-refractivity contribution in [3.63, 3.8) is 0 Å². The molecule has 0 bridgehead atoms. The van der Waals surface area contributed by atoms with Crippen LogP contribution in [0, 0.1) is 6.92 Å². The number of nitrogens with zero attached hydrogens (tertiary/aromatic N) is 5. The number of ether oxygens (including phenoxy) is 1. The number of carbonyl (C=O) groups is 1. The minimum Gasteiger partial charge on any atom is -0.378 e. The van der Waals surface area contributed by atoms with E-state index >= 15 is 0 Å². The van der Waals surface area contributed by atoms with Crippen molar-refractivity contribution in [2.75, 3.05) is 53.0 Å². The lowest BCUT2D eigenvalue weighted by atomic mass is 10.2. The summed E-state index contributed by atoms with van der Waals surface area (Å²) in [5.74, 6) is 1.52. The van der Waals surface area contributed by atoms with Crippen molar-refractivity contribution in [3.05, 3.63) is 11.7 Å². The molecule has 2 aliphatic heterocycles. The second kappa shape index (κ2) is 7.37. The summed E-state index contributed by atoms with van der Waals surface area (Å²) in [6.07, 6.45) is 1.06. The normalized spacial score (nSPS) is 22.9. The van der Waals surface area contributed by atoms with Crippen molar-refractivity contribution >= 4 is 5.91 Å². The van der Waals surface area contributed by atoms with E-state index in [2.05, 4.69) is 27.0 Å². The van der Waals surface area contributed by atoms with Gasteiger partial charge in [0, 0.05) is 39.1 Å². The van der Waals surface area contributed by atoms with E-state index in [1.807, 2.05) is 4.90 Å². The highest BCUT2D eigenvalue weighted by Gasteiger charge is 2.29. The molecule has 1 aromatic heterocycles. The molecule has 1 amide bonds. The van der Waals surface area contributed by atoms with Gasteiger partial charge in [0.15, 0.2) is 5.82 Å². The number of likely N-dealkylation sites (tertiary alicyclic amines) is 1. The van der Waals surface area contributed by atoms with Crippen LogP contribution in [0.3, 0.4) is 0 Å². The number of rotatable bonds is 5. The van der Waals surface area contributed by atoms with Crippen LogP contribution in [0.4, 0.5) is 0 Å². The summed E-state index contributed by atoms with van der Waals surface area (Å²) in [4.78, 5) is 22.9. The fraction of sp³-hybridized carbons (Fsp3) is 0.800. The zero-order chi connectivity index (χ0) is 16.2. The molecule has 0 radical (unpaired) electrons. The Hall–Kier alpha value is -1.51. The summed E-state index contributed by atoms with van der Waals surface area (Å²) in [5, 5.41) is 3.94. The molecule has 3 rings (SSSR count). The molecule has 1 aromatic rings. The smallest absolute Gasteiger partial charge is 0.236 e. The molecule has 128 valence electrons. The van der Waals surface area contributed by atoms with Crippen LogP contribution in [-0.2, 0) is 16.1 Å². The first-order valence-corrected chi connectivity index (χ1v) is 8.19. The summed E-state index contributed by atoms with van der Waals surface area (Å²) in [6, 6.07) is 0.422. The molecular formula is C15H25N5O3. The van der Waals surface area contributed by atoms with Gasteiger partial charge < -0.3 is 14.2 Å². The van der Waals surface area contributed by atoms with Gasteiger partial charge in [0.05, 0.1) is 26.3 Å². The average Bonchev–Trinajstić information content (AvgIpc) is 3.17. The topological polar surface area (TPSA) is 74.9 Å². The first-order valence-electron chi connectivity index (χ1n) is 8.19. The number of hydrogen-bond donors (Lipinski definition) is 0. The maximum atomic E-state index is 12.3. The van der Waals surface area contributed by atoms with Gasteiger partial charge >= 0.3 is 0 Å². The quantitative estimate of drug-likeness (QED) is 0.739. The Morgan fingerprint density at radius 3 is 2.83 bits per heavy atom. The van der Waals surface area contributed by atoms with Crippen molar-refractivity contribution < 1.29 is 14.1 Å². The second-order valence-corrected chi connectivity index (χ2v) is 6.32. The third kappa shape index (κ3) is 4.27. The van der Waals surface area contributed by atoms with Crippen molar-refractivity contribution in [2.24, 2.45) is 0 Å². The van der Waals surface area contributed by atoms with E-state index in [0.29, 0.717) is 57.1 Å². The van der Waals surface area contributed by atoms with Crippen molar-refractivity contribution in [1.29, 1.82) is 0 Å². The highest BCUT2D eigenvalue weighted by molar-refractivity contribution is 5.78. The van der Waals surface area contributed by atoms with Crippen LogP contribution in [0.5, 0.6) is 0 Å². The summed E-state index contributed by atoms with van der Waals surface area (Å²) < 4.78 is 10.3. The number of carbonyl (C=O) groups excluding carboxylic acids is 1. The summed E-state index contributed by atoms with van der Waals surface area (Å²) in [6.45, 7) is 7.58. The number of aryl methyl sites for hydroxylation is 1. The van der Waals surface area contributed by atoms with Crippen molar-refractivity contribution in [1.82, 2.24) is 24.8 Å². The molecule has 23 heavy (non-hydrogen) atoms. The van der Waals surface area contributed by atoms with E-state index in [1.54, 1.807) is 6.92 Å². The van der Waals surface area contributed by atoms with Gasteiger partial charge in [-0.05, 0) is 13.5 Å². The van der Waals surface area contributed by atoms with Crippen LogP contribution < -0.4 is 0 Å². The summed E-state index contributed by atoms with van der Waals surface area (Å²) >= 11 is 0. The Bertz CT molecular complexity index is 529. The molecule has 3 heterocycles. The van der Waals surface area contributed by atoms with Crippen LogP contribution in [0.25, 0.3) is 0 Å². The van der Waals surface area contributed by atoms with Crippen LogP contribution in [0.1, 0.15) is 18.1 Å². The Kier molecular flexibility index (Phi) is 5.24. The SMILES string of the molecule is Cc1nc(CN(C)[C@@H]2CCN(CC(=O)N3CCOCC3)C2)no1. The molecule has 0 unspecified atom stereocenters. The Balaban J connectivity index is 1.45. The molecular weight excluding hydrogens is 298 g/mol. The van der Waals surface area contributed by atoms with E-state index in [4.69, 9.17) is 9.26 Å². The number of likely N-dealkylation sites (N-methyl/N-ethyl adjacent to an activating group) is 1. The van der Waals surface area contributed by atoms with Gasteiger partial charge in [-0.2, -0.15) is 4.98 Å². The van der Waals surface area contributed by atoms with Crippen molar-refractivity contribution in [2.45, 2.75) is 25.9 Å². The highest BCUT2D eigenvalue weighted by atomic mass is 16.5. The lowest BCUT2D eigenvalue weighted by Gasteiger charge is -2.29. The van der Waals surface area contributed by atoms with Crippen molar-refractivity contribution in [3.8, 4) is 0 Å². The number of hydrogen-bond acceptors (Lipinski definition) is 7. The predicted octanol–water partition coefficient (Wildman–Crippen LogP) is -0.257. The molecule has 8 nitrogen and oxygen atoms in total. The average molecular weight is 323 g/mol. The molecule has 2 aliphatic rings. The summed E-state index contributed by atoms with van der Waals surface area (Å²) in [5.41, 5.74) is 0. The number of amides is 1. The fourth-order valence-electron chi connectivity index (χ4n) is 3.18. The maximum Gasteiger partial charge on any atom is 0.236 e. The number of aromatic nitrogens is 2. The molecule has 8 heteroatoms. The minimum absolute atomic E-state index is 0.213. The van der Waals surface area contributed by atoms with E-state index in [1.165, 1.54) is 0 Å². The monoisotopic (exact) mass is 323 g/mol. The van der Waals surface area contributed by atoms with Gasteiger partial charge in [-0.25, -0.2) is 0 Å². The first-order chi connectivity index (χ1) is 11.1. The van der Waals surface area contributed by atoms with Gasteiger partial charge in [-0.1, -0.05) is 5.16 Å². The van der Waals surface area contributed by atoms with E-state index in [0.717, 1.165) is 19.5 Å². The maximum absolute atomic E-state index is 12.3. The molecule has 0 spiro atoms. The highest BCUT2D eigenvalue weighted by Crippen LogP contribution is 2.16. The van der Waals surface area contributed by atoms with Gasteiger partial charge in [0.25, 0.3) is 0 Å². The zero-order valence-electron chi connectivity index (χ0n) is 13.9. The first kappa shape index (κ1) is 16.4. The van der Waals surface area contributed by atoms with E-state index in [-0.39, 0.29) is 5.91 Å². The minimum atomic E-state index is 0.213. The largest absolute Gasteiger partial charge is 0.378 e. The summed E-state index contributed by atoms with van der Waals surface area (Å²) in [7, 11) is 2.07. The van der Waals surface area contributed by atoms with Gasteiger partial charge in [-0.3, -0.25) is 14.6 Å². The molecule has 0 saturated carbocycles. The number of morpholine rings is 1. The van der Waals surface area contributed by atoms with Crippen LogP contribution >= 0.6 is 0 Å². The fourth-order valence-corrected chi connectivity index (χ4v) is 3.18. The molecule has 0 aliphatic carbocycles. The Morgan fingerprint density at radius 1 is 1.35 bits per heavy atom. The second-order valence-electron chi connectivity index (χ2n) is 6.32.